The maximum Gasteiger partial charge on any atom is 0.416 e. The number of hydrogen-bond acceptors (Lipinski definition) is 8. The van der Waals surface area contributed by atoms with Crippen molar-refractivity contribution in [2.24, 2.45) is 22.7 Å². The molecule has 2 saturated heterocycles. The highest BCUT2D eigenvalue weighted by molar-refractivity contribution is 7.75. The van der Waals surface area contributed by atoms with Crippen molar-refractivity contribution in [2.75, 3.05) is 20.3 Å². The zero-order valence-electron chi connectivity index (χ0n) is 19.2. The largest absolute Gasteiger partial charge is 0.460 e. The summed E-state index contributed by atoms with van der Waals surface area (Å²) in [6, 6.07) is -0.814. The summed E-state index contributed by atoms with van der Waals surface area (Å²) in [5.74, 6) is -0.181. The van der Waals surface area contributed by atoms with Gasteiger partial charge >= 0.3 is 23.4 Å². The molecule has 182 valence electrons. The zero-order chi connectivity index (χ0) is 24.0. The third kappa shape index (κ3) is 3.95. The molecule has 0 aromatic rings. The molecule has 4 rings (SSSR count). The summed E-state index contributed by atoms with van der Waals surface area (Å²) in [5.41, 5.74) is 1.03. The van der Waals surface area contributed by atoms with Crippen LogP contribution in [0.4, 0.5) is 4.79 Å². The second-order valence-electron chi connectivity index (χ2n) is 9.90. The van der Waals surface area contributed by atoms with Crippen LogP contribution in [0.3, 0.4) is 0 Å². The maximum absolute atomic E-state index is 12.4. The predicted octanol–water partition coefficient (Wildman–Crippen LogP) is 2.84. The number of carbonyl (C=O) groups excluding carboxylic acids is 3. The minimum atomic E-state index is -1.70. The Morgan fingerprint density at radius 3 is 2.79 bits per heavy atom. The average molecular weight is 482 g/mol. The number of hydrogen-bond donors (Lipinski definition) is 0. The number of imide groups is 1. The number of amides is 2. The summed E-state index contributed by atoms with van der Waals surface area (Å²) in [6.07, 6.45) is 5.16. The van der Waals surface area contributed by atoms with Crippen LogP contribution in [0.2, 0.25) is 0 Å². The first kappa shape index (κ1) is 24.1. The van der Waals surface area contributed by atoms with Gasteiger partial charge in [-0.05, 0) is 49.4 Å². The summed E-state index contributed by atoms with van der Waals surface area (Å²) < 4.78 is 32.7. The monoisotopic (exact) mass is 481 g/mol. The van der Waals surface area contributed by atoms with Crippen molar-refractivity contribution in [1.29, 1.82) is 0 Å². The fourth-order valence-corrected chi connectivity index (χ4v) is 7.47. The van der Waals surface area contributed by atoms with Gasteiger partial charge in [-0.25, -0.2) is 14.5 Å². The molecule has 0 radical (unpaired) electrons. The Bertz CT molecular complexity index is 918. The smallest absolute Gasteiger partial charge is 0.416 e. The number of allylic oxidation sites excluding steroid dienone is 2. The second kappa shape index (κ2) is 8.96. The van der Waals surface area contributed by atoms with E-state index in [-0.39, 0.29) is 40.9 Å². The molecule has 4 aliphatic rings. The standard InChI is InChI=1S/C23H31NO8S/c1-14-5-8-18-22(2,10-9-19-23(18,3)12-31-33(28)32-19)16(14)7-6-15-17(11-30-20(15)26)24(13-25)21(27)29-4/h6,13,16-19H,1,5,7-12H2,2-4H3/b15-6+/t16-,17?,18+,19-,22+,23+,33?/m1/s1. The summed E-state index contributed by atoms with van der Waals surface area (Å²) in [7, 11) is 1.18. The van der Waals surface area contributed by atoms with Gasteiger partial charge in [-0.1, -0.05) is 32.1 Å². The molecule has 4 fully saturated rings. The number of fused-ring (bicyclic) bond motifs is 3. The molecule has 33 heavy (non-hydrogen) atoms. The highest BCUT2D eigenvalue weighted by Crippen LogP contribution is 2.63. The molecule has 2 unspecified atom stereocenters. The number of ether oxygens (including phenoxy) is 2. The van der Waals surface area contributed by atoms with Gasteiger partial charge in [0.15, 0.2) is 0 Å². The quantitative estimate of drug-likeness (QED) is 0.261. The van der Waals surface area contributed by atoms with Crippen LogP contribution >= 0.6 is 0 Å². The van der Waals surface area contributed by atoms with Crippen LogP contribution < -0.4 is 0 Å². The lowest BCUT2D eigenvalue weighted by atomic mass is 9.46. The Hall–Kier alpha value is -2.04. The van der Waals surface area contributed by atoms with Crippen LogP contribution in [0, 0.1) is 22.7 Å². The van der Waals surface area contributed by atoms with Crippen LogP contribution in [-0.4, -0.2) is 60.1 Å². The van der Waals surface area contributed by atoms with E-state index >= 15 is 0 Å². The van der Waals surface area contributed by atoms with E-state index < -0.39 is 29.5 Å². The summed E-state index contributed by atoms with van der Waals surface area (Å²) in [6.45, 7) is 9.06. The highest BCUT2D eigenvalue weighted by atomic mass is 32.2. The van der Waals surface area contributed by atoms with Gasteiger partial charge in [-0.3, -0.25) is 13.2 Å². The van der Waals surface area contributed by atoms with Crippen molar-refractivity contribution in [2.45, 2.75) is 58.1 Å². The number of methoxy groups -OCH3 is 1. The van der Waals surface area contributed by atoms with E-state index in [2.05, 4.69) is 25.2 Å². The lowest BCUT2D eigenvalue weighted by molar-refractivity contribution is -0.154. The Kier molecular flexibility index (Phi) is 6.54. The Labute approximate surface area is 196 Å². The summed E-state index contributed by atoms with van der Waals surface area (Å²) in [4.78, 5) is 36.8. The van der Waals surface area contributed by atoms with Crippen molar-refractivity contribution in [3.8, 4) is 0 Å². The fraction of sp³-hybridized carbons (Fsp3) is 0.696. The normalized spacial score (nSPS) is 41.7. The van der Waals surface area contributed by atoms with E-state index in [1.807, 2.05) is 0 Å². The highest BCUT2D eigenvalue weighted by Gasteiger charge is 2.60. The molecular weight excluding hydrogens is 450 g/mol. The van der Waals surface area contributed by atoms with Gasteiger partial charge in [0.05, 0.1) is 25.4 Å². The van der Waals surface area contributed by atoms with Crippen LogP contribution in [0.5, 0.6) is 0 Å². The Morgan fingerprint density at radius 2 is 2.09 bits per heavy atom. The second-order valence-corrected chi connectivity index (χ2v) is 10.7. The van der Waals surface area contributed by atoms with E-state index in [0.29, 0.717) is 19.4 Å². The van der Waals surface area contributed by atoms with Crippen LogP contribution in [0.1, 0.15) is 46.0 Å². The number of cyclic esters (lactones) is 1. The minimum absolute atomic E-state index is 0.0877. The first-order valence-electron chi connectivity index (χ1n) is 11.2. The van der Waals surface area contributed by atoms with Crippen molar-refractivity contribution >= 4 is 29.8 Å². The molecule has 7 atom stereocenters. The lowest BCUT2D eigenvalue weighted by Crippen LogP contribution is -2.60. The van der Waals surface area contributed by atoms with E-state index in [9.17, 15) is 18.6 Å². The van der Waals surface area contributed by atoms with Gasteiger partial charge in [0.25, 0.3) is 0 Å². The Morgan fingerprint density at radius 1 is 1.33 bits per heavy atom. The maximum atomic E-state index is 12.4. The van der Waals surface area contributed by atoms with Crippen LogP contribution in [-0.2, 0) is 38.8 Å². The molecule has 0 spiro atoms. The van der Waals surface area contributed by atoms with Gasteiger partial charge in [0, 0.05) is 5.41 Å². The van der Waals surface area contributed by atoms with Crippen molar-refractivity contribution in [3.05, 3.63) is 23.8 Å². The third-order valence-corrected chi connectivity index (χ3v) is 9.05. The molecule has 0 aromatic carbocycles. The van der Waals surface area contributed by atoms with E-state index in [0.717, 1.165) is 36.2 Å². The first-order chi connectivity index (χ1) is 15.7. The SMILES string of the molecule is C=C1CC[C@@H]2[C@]3(C)COS(=O)O[C@@H]3CC[C@@]2(C)[C@@H]1C/C=C1/C(=O)OCC1N(C=O)C(=O)OC. The first-order valence-corrected chi connectivity index (χ1v) is 12.2. The number of carbonyl (C=O) groups is 3. The van der Waals surface area contributed by atoms with E-state index in [1.54, 1.807) is 6.08 Å². The predicted molar refractivity (Wildman–Crippen MR) is 118 cm³/mol. The Balaban J connectivity index is 1.61. The molecule has 0 aromatic heterocycles. The number of esters is 1. The van der Waals surface area contributed by atoms with Gasteiger partial charge in [-0.2, -0.15) is 4.21 Å². The summed E-state index contributed by atoms with van der Waals surface area (Å²) >= 11 is -1.70. The number of rotatable bonds is 4. The third-order valence-electron chi connectivity index (χ3n) is 8.35. The fourth-order valence-electron chi connectivity index (χ4n) is 6.56. The van der Waals surface area contributed by atoms with E-state index in [4.69, 9.17) is 13.1 Å². The van der Waals surface area contributed by atoms with Crippen molar-refractivity contribution in [3.63, 3.8) is 0 Å². The van der Waals surface area contributed by atoms with Gasteiger partial charge in [0.2, 0.25) is 6.41 Å². The van der Waals surface area contributed by atoms with Crippen LogP contribution in [0.15, 0.2) is 23.8 Å². The minimum Gasteiger partial charge on any atom is -0.460 e. The molecular formula is C23H31NO8S. The molecule has 2 aliphatic heterocycles. The topological polar surface area (TPSA) is 108 Å². The van der Waals surface area contributed by atoms with E-state index in [1.165, 1.54) is 7.11 Å². The molecule has 10 heteroatoms. The van der Waals surface area contributed by atoms with Gasteiger partial charge < -0.3 is 9.47 Å². The molecule has 2 aliphatic carbocycles. The van der Waals surface area contributed by atoms with Crippen molar-refractivity contribution in [1.82, 2.24) is 4.90 Å². The lowest BCUT2D eigenvalue weighted by Gasteiger charge is -2.61. The molecule has 2 saturated carbocycles. The zero-order valence-corrected chi connectivity index (χ0v) is 20.1. The molecule has 2 heterocycles. The number of nitrogens with zero attached hydrogens (tertiary/aromatic N) is 1. The molecule has 0 N–H and O–H groups in total. The average Bonchev–Trinajstić information content (AvgIpc) is 3.14. The van der Waals surface area contributed by atoms with Crippen molar-refractivity contribution < 1.29 is 36.4 Å². The van der Waals surface area contributed by atoms with Gasteiger partial charge in [0.1, 0.15) is 12.6 Å². The molecule has 2 amide bonds. The molecule has 0 bridgehead atoms. The molecule has 9 nitrogen and oxygen atoms in total. The summed E-state index contributed by atoms with van der Waals surface area (Å²) in [5, 5.41) is 0. The van der Waals surface area contributed by atoms with Crippen LogP contribution in [0.25, 0.3) is 0 Å². The van der Waals surface area contributed by atoms with Gasteiger partial charge in [-0.15, -0.1) is 0 Å².